The zero-order valence-electron chi connectivity index (χ0n) is 12.1. The highest BCUT2D eigenvalue weighted by molar-refractivity contribution is 5.96. The number of carboxylic acid groups (broad SMARTS) is 1. The van der Waals surface area contributed by atoms with Gasteiger partial charge in [0.15, 0.2) is 0 Å². The van der Waals surface area contributed by atoms with E-state index in [2.05, 4.69) is 11.9 Å². The number of fused-ring (bicyclic) bond motifs is 1. The summed E-state index contributed by atoms with van der Waals surface area (Å²) in [6.45, 7) is 3.94. The molecule has 5 heteroatoms. The molecule has 1 amide bonds. The van der Waals surface area contributed by atoms with E-state index in [1.807, 2.05) is 36.4 Å². The number of carbonyl (C=O) groups is 2. The van der Waals surface area contributed by atoms with Crippen molar-refractivity contribution in [1.82, 2.24) is 0 Å². The van der Waals surface area contributed by atoms with Gasteiger partial charge in [0.2, 0.25) is 5.91 Å². The van der Waals surface area contributed by atoms with Gasteiger partial charge < -0.3 is 20.5 Å². The van der Waals surface area contributed by atoms with Gasteiger partial charge in [0.1, 0.15) is 6.04 Å². The minimum Gasteiger partial charge on any atom is -0.544 e. The first-order chi connectivity index (χ1) is 10.6. The van der Waals surface area contributed by atoms with Crippen molar-refractivity contribution in [3.8, 4) is 0 Å². The van der Waals surface area contributed by atoms with E-state index in [1.165, 1.54) is 5.32 Å². The summed E-state index contributed by atoms with van der Waals surface area (Å²) in [5, 5.41) is 17.3. The summed E-state index contributed by atoms with van der Waals surface area (Å²) in [6.07, 6.45) is 1.43. The van der Waals surface area contributed by atoms with E-state index >= 15 is 0 Å². The van der Waals surface area contributed by atoms with Gasteiger partial charge >= 0.3 is 0 Å². The third-order valence-electron chi connectivity index (χ3n) is 3.33. The molecule has 1 atom stereocenters. The van der Waals surface area contributed by atoms with Crippen LogP contribution in [0.4, 0.5) is 5.69 Å². The van der Waals surface area contributed by atoms with Crippen molar-refractivity contribution in [2.75, 3.05) is 11.9 Å². The molecule has 0 aliphatic rings. The van der Waals surface area contributed by atoms with E-state index in [1.54, 1.807) is 12.1 Å². The molecule has 0 aliphatic carbocycles. The number of carbonyl (C=O) groups excluding carboxylic acids is 2. The summed E-state index contributed by atoms with van der Waals surface area (Å²) in [7, 11) is 0. The molecule has 0 aromatic heterocycles. The number of aliphatic carboxylic acids is 1. The van der Waals surface area contributed by atoms with Gasteiger partial charge in [-0.15, -0.1) is 0 Å². The van der Waals surface area contributed by atoms with Gasteiger partial charge in [-0.05, 0) is 29.0 Å². The van der Waals surface area contributed by atoms with E-state index in [0.717, 1.165) is 10.8 Å². The molecule has 0 heterocycles. The molecule has 22 heavy (non-hydrogen) atoms. The monoisotopic (exact) mass is 298 g/mol. The van der Waals surface area contributed by atoms with Gasteiger partial charge in [-0.3, -0.25) is 4.79 Å². The number of anilines is 1. The van der Waals surface area contributed by atoms with Crippen molar-refractivity contribution < 1.29 is 20.0 Å². The summed E-state index contributed by atoms with van der Waals surface area (Å²) < 4.78 is 0. The predicted molar refractivity (Wildman–Crippen MR) is 83.0 cm³/mol. The second-order valence-corrected chi connectivity index (χ2v) is 5.00. The SMILES string of the molecule is C=CC[NH2+][C@H](CC(=O)Nc1ccc2ccccc2c1)C(=O)[O-]. The van der Waals surface area contributed by atoms with Crippen molar-refractivity contribution in [3.05, 3.63) is 55.1 Å². The van der Waals surface area contributed by atoms with E-state index in [9.17, 15) is 14.7 Å². The molecule has 0 radical (unpaired) electrons. The van der Waals surface area contributed by atoms with E-state index in [0.29, 0.717) is 12.2 Å². The van der Waals surface area contributed by atoms with Crippen LogP contribution in [0.3, 0.4) is 0 Å². The third kappa shape index (κ3) is 4.17. The molecule has 2 aromatic rings. The number of nitrogens with one attached hydrogen (secondary N) is 1. The van der Waals surface area contributed by atoms with Crippen LogP contribution in [0, 0.1) is 0 Å². The third-order valence-corrected chi connectivity index (χ3v) is 3.33. The number of quaternary nitrogens is 1. The Kier molecular flexibility index (Phi) is 5.27. The lowest BCUT2D eigenvalue weighted by atomic mass is 10.1. The fraction of sp³-hybridized carbons (Fsp3) is 0.176. The Bertz CT molecular complexity index is 697. The molecule has 5 nitrogen and oxygen atoms in total. The Morgan fingerprint density at radius 1 is 1.23 bits per heavy atom. The minimum absolute atomic E-state index is 0.150. The smallest absolute Gasteiger partial charge is 0.230 e. The van der Waals surface area contributed by atoms with Crippen LogP contribution in [0.2, 0.25) is 0 Å². The van der Waals surface area contributed by atoms with Gasteiger partial charge in [-0.1, -0.05) is 36.9 Å². The summed E-state index contributed by atoms with van der Waals surface area (Å²) in [5.74, 6) is -1.61. The number of hydrogen-bond acceptors (Lipinski definition) is 3. The van der Waals surface area contributed by atoms with Gasteiger partial charge in [0, 0.05) is 5.69 Å². The van der Waals surface area contributed by atoms with E-state index in [-0.39, 0.29) is 12.3 Å². The Morgan fingerprint density at radius 3 is 2.64 bits per heavy atom. The van der Waals surface area contributed by atoms with Crippen molar-refractivity contribution in [2.45, 2.75) is 12.5 Å². The second-order valence-electron chi connectivity index (χ2n) is 5.00. The van der Waals surface area contributed by atoms with E-state index in [4.69, 9.17) is 0 Å². The normalized spacial score (nSPS) is 11.8. The van der Waals surface area contributed by atoms with Crippen LogP contribution in [0.5, 0.6) is 0 Å². The molecule has 114 valence electrons. The molecule has 2 rings (SSSR count). The summed E-state index contributed by atoms with van der Waals surface area (Å²) in [5.41, 5.74) is 0.643. The molecule has 3 N–H and O–H groups in total. The molecule has 0 bridgehead atoms. The lowest BCUT2D eigenvalue weighted by Crippen LogP contribution is -2.93. The topological polar surface area (TPSA) is 85.8 Å². The first-order valence-corrected chi connectivity index (χ1v) is 7.04. The molecule has 0 fully saturated rings. The Morgan fingerprint density at radius 2 is 1.95 bits per heavy atom. The maximum Gasteiger partial charge on any atom is 0.230 e. The van der Waals surface area contributed by atoms with Crippen LogP contribution >= 0.6 is 0 Å². The molecular weight excluding hydrogens is 280 g/mol. The van der Waals surface area contributed by atoms with Gasteiger partial charge in [-0.25, -0.2) is 0 Å². The lowest BCUT2D eigenvalue weighted by Gasteiger charge is -2.15. The minimum atomic E-state index is -1.25. The van der Waals surface area contributed by atoms with Gasteiger partial charge in [0.25, 0.3) is 0 Å². The molecule has 0 aliphatic heterocycles. The Balaban J connectivity index is 2.02. The van der Waals surface area contributed by atoms with Crippen LogP contribution in [0.25, 0.3) is 10.8 Å². The van der Waals surface area contributed by atoms with Crippen LogP contribution in [0.1, 0.15) is 6.42 Å². The Hall–Kier alpha value is -2.66. The van der Waals surface area contributed by atoms with Crippen molar-refractivity contribution in [3.63, 3.8) is 0 Å². The first-order valence-electron chi connectivity index (χ1n) is 7.04. The van der Waals surface area contributed by atoms with Crippen molar-refractivity contribution >= 4 is 28.3 Å². The fourth-order valence-electron chi connectivity index (χ4n) is 2.20. The van der Waals surface area contributed by atoms with Gasteiger partial charge in [-0.2, -0.15) is 0 Å². The number of hydrogen-bond donors (Lipinski definition) is 2. The largest absolute Gasteiger partial charge is 0.544 e. The number of amides is 1. The van der Waals surface area contributed by atoms with Crippen LogP contribution in [0.15, 0.2) is 55.1 Å². The quantitative estimate of drug-likeness (QED) is 0.708. The summed E-state index contributed by atoms with van der Waals surface area (Å²) in [4.78, 5) is 23.0. The standard InChI is InChI=1S/C17H18N2O3/c1-2-9-18-15(17(21)22)11-16(20)19-14-8-7-12-5-3-4-6-13(12)10-14/h2-8,10,15,18H,1,9,11H2,(H,19,20)(H,21,22)/t15-/m1/s1. The molecular formula is C17H18N2O3. The first kappa shape index (κ1) is 15.7. The summed E-state index contributed by atoms with van der Waals surface area (Å²) in [6, 6.07) is 12.4. The number of benzene rings is 2. The highest BCUT2D eigenvalue weighted by Crippen LogP contribution is 2.18. The predicted octanol–water partition coefficient (Wildman–Crippen LogP) is 0.0363. The zero-order chi connectivity index (χ0) is 15.9. The molecule has 0 unspecified atom stereocenters. The highest BCUT2D eigenvalue weighted by Gasteiger charge is 2.17. The van der Waals surface area contributed by atoms with Gasteiger partial charge in [0.05, 0.1) is 18.9 Å². The molecule has 0 saturated carbocycles. The lowest BCUT2D eigenvalue weighted by molar-refractivity contribution is -0.674. The molecule has 0 saturated heterocycles. The maximum atomic E-state index is 12.0. The second kappa shape index (κ2) is 7.38. The number of nitrogens with two attached hydrogens (primary N) is 1. The highest BCUT2D eigenvalue weighted by atomic mass is 16.4. The maximum absolute atomic E-state index is 12.0. The van der Waals surface area contributed by atoms with Crippen LogP contribution in [-0.4, -0.2) is 24.5 Å². The Labute approximate surface area is 128 Å². The number of carboxylic acids is 1. The number of rotatable bonds is 7. The van der Waals surface area contributed by atoms with E-state index < -0.39 is 12.0 Å². The molecule has 2 aromatic carbocycles. The zero-order valence-corrected chi connectivity index (χ0v) is 12.1. The average molecular weight is 298 g/mol. The molecule has 0 spiro atoms. The van der Waals surface area contributed by atoms with Crippen molar-refractivity contribution in [2.24, 2.45) is 0 Å². The van der Waals surface area contributed by atoms with Crippen LogP contribution in [-0.2, 0) is 9.59 Å². The van der Waals surface area contributed by atoms with Crippen LogP contribution < -0.4 is 15.7 Å². The van der Waals surface area contributed by atoms with Crippen molar-refractivity contribution in [1.29, 1.82) is 0 Å². The summed E-state index contributed by atoms with van der Waals surface area (Å²) >= 11 is 0. The fourth-order valence-corrected chi connectivity index (χ4v) is 2.20. The average Bonchev–Trinajstić information content (AvgIpc) is 2.51.